The SMILES string of the molecule is O=C(O)CC1CN(C(=O)N2CCCCCC2CO)CCO1. The number of carbonyl (C=O) groups is 2. The summed E-state index contributed by atoms with van der Waals surface area (Å²) in [6.07, 6.45) is 3.34. The molecule has 0 saturated carbocycles. The van der Waals surface area contributed by atoms with Gasteiger partial charge >= 0.3 is 12.0 Å². The molecule has 0 aromatic heterocycles. The van der Waals surface area contributed by atoms with Crippen LogP contribution in [0.1, 0.15) is 32.1 Å². The lowest BCUT2D eigenvalue weighted by molar-refractivity contribution is -0.141. The Hall–Kier alpha value is -1.34. The first kappa shape index (κ1) is 16.0. The van der Waals surface area contributed by atoms with Gasteiger partial charge in [0, 0.05) is 19.6 Å². The maximum Gasteiger partial charge on any atom is 0.320 e. The smallest absolute Gasteiger partial charge is 0.320 e. The van der Waals surface area contributed by atoms with E-state index in [1.165, 1.54) is 0 Å². The molecule has 2 unspecified atom stereocenters. The predicted octanol–water partition coefficient (Wildman–Crippen LogP) is 0.519. The lowest BCUT2D eigenvalue weighted by Crippen LogP contribution is -2.54. The van der Waals surface area contributed by atoms with Crippen molar-refractivity contribution in [1.29, 1.82) is 0 Å². The second-order valence-corrected chi connectivity index (χ2v) is 5.70. The Morgan fingerprint density at radius 3 is 2.71 bits per heavy atom. The van der Waals surface area contributed by atoms with E-state index in [-0.39, 0.29) is 25.1 Å². The zero-order valence-electron chi connectivity index (χ0n) is 12.2. The van der Waals surface area contributed by atoms with Crippen LogP contribution in [0.4, 0.5) is 4.79 Å². The van der Waals surface area contributed by atoms with E-state index in [1.54, 1.807) is 9.80 Å². The van der Waals surface area contributed by atoms with Gasteiger partial charge in [-0.25, -0.2) is 4.79 Å². The van der Waals surface area contributed by atoms with Crippen LogP contribution in [0.25, 0.3) is 0 Å². The average molecular weight is 300 g/mol. The summed E-state index contributed by atoms with van der Waals surface area (Å²) in [5.74, 6) is -0.919. The molecule has 0 radical (unpaired) electrons. The molecule has 2 amide bonds. The number of morpholine rings is 1. The Bertz CT molecular complexity index is 376. The van der Waals surface area contributed by atoms with E-state index in [1.807, 2.05) is 0 Å². The molecule has 2 rings (SSSR count). The highest BCUT2D eigenvalue weighted by atomic mass is 16.5. The first-order chi connectivity index (χ1) is 10.1. The maximum absolute atomic E-state index is 12.6. The molecule has 2 heterocycles. The molecular weight excluding hydrogens is 276 g/mol. The number of hydrogen-bond donors (Lipinski definition) is 2. The lowest BCUT2D eigenvalue weighted by Gasteiger charge is -2.38. The van der Waals surface area contributed by atoms with E-state index in [4.69, 9.17) is 9.84 Å². The standard InChI is InChI=1S/C14H24N2O5/c17-10-11-4-2-1-3-5-16(11)14(20)15-6-7-21-12(9-15)8-13(18)19/h11-12,17H,1-10H2,(H,18,19). The minimum atomic E-state index is -0.919. The van der Waals surface area contributed by atoms with Crippen molar-refractivity contribution in [2.24, 2.45) is 0 Å². The first-order valence-electron chi connectivity index (χ1n) is 7.61. The fourth-order valence-corrected chi connectivity index (χ4v) is 3.01. The number of aliphatic hydroxyl groups is 1. The molecule has 7 nitrogen and oxygen atoms in total. The quantitative estimate of drug-likeness (QED) is 0.793. The Morgan fingerprint density at radius 2 is 2.00 bits per heavy atom. The van der Waals surface area contributed by atoms with Crippen molar-refractivity contribution in [1.82, 2.24) is 9.80 Å². The van der Waals surface area contributed by atoms with Crippen molar-refractivity contribution in [2.75, 3.05) is 32.8 Å². The second kappa shape index (κ2) is 7.61. The van der Waals surface area contributed by atoms with Gasteiger partial charge in [0.15, 0.2) is 0 Å². The van der Waals surface area contributed by atoms with Gasteiger partial charge in [-0.05, 0) is 12.8 Å². The minimum Gasteiger partial charge on any atom is -0.481 e. The van der Waals surface area contributed by atoms with Gasteiger partial charge in [-0.1, -0.05) is 12.8 Å². The zero-order chi connectivity index (χ0) is 15.2. The summed E-state index contributed by atoms with van der Waals surface area (Å²) < 4.78 is 5.39. The van der Waals surface area contributed by atoms with Crippen LogP contribution in [0.5, 0.6) is 0 Å². The Balaban J connectivity index is 1.98. The van der Waals surface area contributed by atoms with Crippen LogP contribution in [0, 0.1) is 0 Å². The van der Waals surface area contributed by atoms with Crippen LogP contribution < -0.4 is 0 Å². The molecule has 0 bridgehead atoms. The Morgan fingerprint density at radius 1 is 1.19 bits per heavy atom. The number of likely N-dealkylation sites (tertiary alicyclic amines) is 1. The number of nitrogens with zero attached hydrogens (tertiary/aromatic N) is 2. The molecule has 2 aliphatic heterocycles. The number of aliphatic hydroxyl groups excluding tert-OH is 1. The monoisotopic (exact) mass is 300 g/mol. The largest absolute Gasteiger partial charge is 0.481 e. The lowest BCUT2D eigenvalue weighted by atomic mass is 10.1. The van der Waals surface area contributed by atoms with Gasteiger partial charge in [-0.3, -0.25) is 4.79 Å². The Labute approximate surface area is 124 Å². The molecule has 2 fully saturated rings. The number of amides is 2. The molecule has 0 aromatic rings. The van der Waals surface area contributed by atoms with E-state index in [0.717, 1.165) is 25.7 Å². The van der Waals surface area contributed by atoms with E-state index in [0.29, 0.717) is 26.2 Å². The van der Waals surface area contributed by atoms with Gasteiger partial charge < -0.3 is 24.7 Å². The number of ether oxygens (including phenoxy) is 1. The van der Waals surface area contributed by atoms with Crippen molar-refractivity contribution in [3.05, 3.63) is 0 Å². The summed E-state index contributed by atoms with van der Waals surface area (Å²) in [6.45, 7) is 1.78. The molecular formula is C14H24N2O5. The second-order valence-electron chi connectivity index (χ2n) is 5.70. The molecule has 7 heteroatoms. The third-order valence-electron chi connectivity index (χ3n) is 4.15. The van der Waals surface area contributed by atoms with Crippen LogP contribution in [-0.2, 0) is 9.53 Å². The molecule has 21 heavy (non-hydrogen) atoms. The molecule has 2 saturated heterocycles. The van der Waals surface area contributed by atoms with Crippen LogP contribution in [0.2, 0.25) is 0 Å². The van der Waals surface area contributed by atoms with E-state index in [2.05, 4.69) is 0 Å². The van der Waals surface area contributed by atoms with Crippen LogP contribution in [-0.4, -0.2) is 77.0 Å². The zero-order valence-corrected chi connectivity index (χ0v) is 12.2. The highest BCUT2D eigenvalue weighted by molar-refractivity contribution is 5.75. The Kier molecular flexibility index (Phi) is 5.81. The number of carboxylic acid groups (broad SMARTS) is 1. The highest BCUT2D eigenvalue weighted by Crippen LogP contribution is 2.19. The highest BCUT2D eigenvalue weighted by Gasteiger charge is 2.32. The van der Waals surface area contributed by atoms with Gasteiger partial charge in [0.25, 0.3) is 0 Å². The van der Waals surface area contributed by atoms with Crippen LogP contribution in [0.3, 0.4) is 0 Å². The van der Waals surface area contributed by atoms with E-state index >= 15 is 0 Å². The summed E-state index contributed by atoms with van der Waals surface area (Å²) in [5.41, 5.74) is 0. The van der Waals surface area contributed by atoms with Crippen molar-refractivity contribution >= 4 is 12.0 Å². The van der Waals surface area contributed by atoms with Gasteiger partial charge in [-0.15, -0.1) is 0 Å². The van der Waals surface area contributed by atoms with Gasteiger partial charge in [-0.2, -0.15) is 0 Å². The minimum absolute atomic E-state index is 0.0192. The maximum atomic E-state index is 12.6. The topological polar surface area (TPSA) is 90.3 Å². The third-order valence-corrected chi connectivity index (χ3v) is 4.15. The van der Waals surface area contributed by atoms with E-state index in [9.17, 15) is 14.7 Å². The summed E-state index contributed by atoms with van der Waals surface area (Å²) in [5, 5.41) is 18.3. The van der Waals surface area contributed by atoms with Crippen molar-refractivity contribution < 1.29 is 24.5 Å². The molecule has 0 aliphatic carbocycles. The number of rotatable bonds is 3. The summed E-state index contributed by atoms with van der Waals surface area (Å²) >= 11 is 0. The van der Waals surface area contributed by atoms with Gasteiger partial charge in [0.2, 0.25) is 0 Å². The number of carbonyl (C=O) groups excluding carboxylic acids is 1. The number of aliphatic carboxylic acids is 1. The van der Waals surface area contributed by atoms with Crippen LogP contribution in [0.15, 0.2) is 0 Å². The molecule has 2 N–H and O–H groups in total. The predicted molar refractivity (Wildman–Crippen MR) is 75.0 cm³/mol. The third kappa shape index (κ3) is 4.31. The average Bonchev–Trinajstić information content (AvgIpc) is 2.71. The molecule has 2 atom stereocenters. The summed E-state index contributed by atoms with van der Waals surface area (Å²) in [6, 6.07) is -0.226. The van der Waals surface area contributed by atoms with Gasteiger partial charge in [0.1, 0.15) is 0 Å². The van der Waals surface area contributed by atoms with Crippen molar-refractivity contribution in [3.8, 4) is 0 Å². The van der Waals surface area contributed by atoms with Gasteiger partial charge in [0.05, 0.1) is 31.8 Å². The normalized spacial score (nSPS) is 27.3. The van der Waals surface area contributed by atoms with E-state index < -0.39 is 12.1 Å². The molecule has 0 spiro atoms. The molecule has 0 aromatic carbocycles. The number of carboxylic acids is 1. The van der Waals surface area contributed by atoms with Crippen molar-refractivity contribution in [2.45, 2.75) is 44.2 Å². The summed E-state index contributed by atoms with van der Waals surface area (Å²) in [7, 11) is 0. The fraction of sp³-hybridized carbons (Fsp3) is 0.857. The van der Waals surface area contributed by atoms with Crippen molar-refractivity contribution in [3.63, 3.8) is 0 Å². The number of urea groups is 1. The van der Waals surface area contributed by atoms with Crippen LogP contribution >= 0.6 is 0 Å². The molecule has 120 valence electrons. The number of hydrogen-bond acceptors (Lipinski definition) is 4. The first-order valence-corrected chi connectivity index (χ1v) is 7.61. The fourth-order valence-electron chi connectivity index (χ4n) is 3.01. The summed E-state index contributed by atoms with van der Waals surface area (Å²) in [4.78, 5) is 26.8. The molecule has 2 aliphatic rings.